The van der Waals surface area contributed by atoms with E-state index >= 15 is 0 Å². The third-order valence-electron chi connectivity index (χ3n) is 5.36. The van der Waals surface area contributed by atoms with Crippen molar-refractivity contribution < 1.29 is 19.1 Å². The SMILES string of the molecule is CC(C)COc1cccc(C(=O)NNC(=O)c2ccc(NC(=O)C3CCCCC3)cc2)c1. The number of hydrazine groups is 1. The van der Waals surface area contributed by atoms with E-state index in [1.165, 1.54) is 6.42 Å². The van der Waals surface area contributed by atoms with Crippen molar-refractivity contribution in [1.82, 2.24) is 10.9 Å². The first-order chi connectivity index (χ1) is 15.4. The fourth-order valence-electron chi connectivity index (χ4n) is 3.56. The number of carbonyl (C=O) groups excluding carboxylic acids is 3. The number of anilines is 1. The van der Waals surface area contributed by atoms with E-state index < -0.39 is 11.8 Å². The summed E-state index contributed by atoms with van der Waals surface area (Å²) in [6.07, 6.45) is 5.25. The molecule has 3 rings (SSSR count). The van der Waals surface area contributed by atoms with Crippen LogP contribution in [0.25, 0.3) is 0 Å². The second kappa shape index (κ2) is 11.3. The van der Waals surface area contributed by atoms with Crippen LogP contribution in [0.2, 0.25) is 0 Å². The molecule has 1 saturated carbocycles. The number of amides is 3. The second-order valence-electron chi connectivity index (χ2n) is 8.54. The molecule has 3 N–H and O–H groups in total. The van der Waals surface area contributed by atoms with Crippen molar-refractivity contribution in [2.24, 2.45) is 11.8 Å². The van der Waals surface area contributed by atoms with Crippen molar-refractivity contribution in [3.05, 3.63) is 59.7 Å². The van der Waals surface area contributed by atoms with Crippen LogP contribution in [-0.4, -0.2) is 24.3 Å². The van der Waals surface area contributed by atoms with Crippen molar-refractivity contribution >= 4 is 23.4 Å². The van der Waals surface area contributed by atoms with E-state index in [0.717, 1.165) is 25.7 Å². The summed E-state index contributed by atoms with van der Waals surface area (Å²) in [7, 11) is 0. The molecule has 2 aromatic carbocycles. The lowest BCUT2D eigenvalue weighted by atomic mass is 9.88. The van der Waals surface area contributed by atoms with Crippen LogP contribution < -0.4 is 20.9 Å². The average Bonchev–Trinajstić information content (AvgIpc) is 2.82. The molecule has 0 aliphatic heterocycles. The Balaban J connectivity index is 1.49. The van der Waals surface area contributed by atoms with Gasteiger partial charge in [-0.3, -0.25) is 25.2 Å². The number of carbonyl (C=O) groups is 3. The minimum atomic E-state index is -0.448. The Kier molecular flexibility index (Phi) is 8.25. The predicted molar refractivity (Wildman–Crippen MR) is 123 cm³/mol. The topological polar surface area (TPSA) is 96.5 Å². The highest BCUT2D eigenvalue weighted by Gasteiger charge is 2.21. The van der Waals surface area contributed by atoms with E-state index in [4.69, 9.17) is 4.74 Å². The molecule has 0 spiro atoms. The van der Waals surface area contributed by atoms with E-state index in [1.54, 1.807) is 48.5 Å². The molecule has 0 atom stereocenters. The van der Waals surface area contributed by atoms with Gasteiger partial charge in [-0.15, -0.1) is 0 Å². The molecule has 0 aromatic heterocycles. The standard InChI is InChI=1S/C25H31N3O4/c1-17(2)16-32-22-10-6-9-20(15-22)25(31)28-27-24(30)19-11-13-21(14-12-19)26-23(29)18-7-4-3-5-8-18/h6,9-15,17-18H,3-5,7-8,16H2,1-2H3,(H,26,29)(H,27,30)(H,28,31). The highest BCUT2D eigenvalue weighted by molar-refractivity contribution is 5.99. The first-order valence-electron chi connectivity index (χ1n) is 11.2. The van der Waals surface area contributed by atoms with Crippen molar-refractivity contribution in [1.29, 1.82) is 0 Å². The number of nitrogens with one attached hydrogen (secondary N) is 3. The molecule has 1 aliphatic carbocycles. The molecule has 7 nitrogen and oxygen atoms in total. The van der Waals surface area contributed by atoms with Gasteiger partial charge in [0.1, 0.15) is 5.75 Å². The molecule has 0 heterocycles. The highest BCUT2D eigenvalue weighted by atomic mass is 16.5. The number of ether oxygens (including phenoxy) is 1. The van der Waals surface area contributed by atoms with Gasteiger partial charge in [0.15, 0.2) is 0 Å². The van der Waals surface area contributed by atoms with E-state index in [9.17, 15) is 14.4 Å². The number of hydrogen-bond acceptors (Lipinski definition) is 4. The lowest BCUT2D eigenvalue weighted by Crippen LogP contribution is -2.41. The summed E-state index contributed by atoms with van der Waals surface area (Å²) in [5.74, 6) is 0.188. The Hall–Kier alpha value is -3.35. The maximum Gasteiger partial charge on any atom is 0.269 e. The molecule has 0 saturated heterocycles. The lowest BCUT2D eigenvalue weighted by Gasteiger charge is -2.20. The van der Waals surface area contributed by atoms with E-state index in [1.807, 2.05) is 13.8 Å². The zero-order chi connectivity index (χ0) is 22.9. The van der Waals surface area contributed by atoms with Crippen LogP contribution in [0, 0.1) is 11.8 Å². The Bertz CT molecular complexity index is 934. The van der Waals surface area contributed by atoms with E-state index in [0.29, 0.717) is 35.1 Å². The van der Waals surface area contributed by atoms with Crippen molar-refractivity contribution in [2.45, 2.75) is 46.0 Å². The molecule has 1 aliphatic rings. The van der Waals surface area contributed by atoms with E-state index in [2.05, 4.69) is 16.2 Å². The van der Waals surface area contributed by atoms with Gasteiger partial charge in [-0.1, -0.05) is 39.2 Å². The summed E-state index contributed by atoms with van der Waals surface area (Å²) < 4.78 is 5.63. The van der Waals surface area contributed by atoms with Crippen molar-refractivity contribution in [3.63, 3.8) is 0 Å². The maximum absolute atomic E-state index is 12.4. The summed E-state index contributed by atoms with van der Waals surface area (Å²) >= 11 is 0. The maximum atomic E-state index is 12.4. The monoisotopic (exact) mass is 437 g/mol. The molecular formula is C25H31N3O4. The second-order valence-corrected chi connectivity index (χ2v) is 8.54. The molecule has 0 unspecified atom stereocenters. The normalized spacial score (nSPS) is 14.0. The van der Waals surface area contributed by atoms with Gasteiger partial charge in [-0.25, -0.2) is 0 Å². The van der Waals surface area contributed by atoms with Gasteiger partial charge in [0.2, 0.25) is 5.91 Å². The lowest BCUT2D eigenvalue weighted by molar-refractivity contribution is -0.120. The van der Waals surface area contributed by atoms with Gasteiger partial charge in [-0.2, -0.15) is 0 Å². The molecular weight excluding hydrogens is 406 g/mol. The highest BCUT2D eigenvalue weighted by Crippen LogP contribution is 2.25. The Morgan fingerprint density at radius 3 is 2.22 bits per heavy atom. The van der Waals surface area contributed by atoms with Crippen LogP contribution in [0.15, 0.2) is 48.5 Å². The minimum absolute atomic E-state index is 0.0359. The molecule has 2 aromatic rings. The summed E-state index contributed by atoms with van der Waals surface area (Å²) in [6, 6.07) is 13.4. The van der Waals surface area contributed by atoms with Crippen LogP contribution in [0.1, 0.15) is 66.7 Å². The quantitative estimate of drug-likeness (QED) is 0.562. The Labute approximate surface area is 188 Å². The summed E-state index contributed by atoms with van der Waals surface area (Å²) in [4.78, 5) is 37.1. The van der Waals surface area contributed by atoms with Gasteiger partial charge >= 0.3 is 0 Å². The van der Waals surface area contributed by atoms with Crippen molar-refractivity contribution in [2.75, 3.05) is 11.9 Å². The first kappa shape index (κ1) is 23.3. The number of hydrogen-bond donors (Lipinski definition) is 3. The van der Waals surface area contributed by atoms with Crippen molar-refractivity contribution in [3.8, 4) is 5.75 Å². The summed E-state index contributed by atoms with van der Waals surface area (Å²) in [6.45, 7) is 4.64. The van der Waals surface area contributed by atoms with Gasteiger partial charge in [0.25, 0.3) is 11.8 Å². The van der Waals surface area contributed by atoms with Gasteiger partial charge in [0.05, 0.1) is 6.61 Å². The van der Waals surface area contributed by atoms with Gasteiger partial charge < -0.3 is 10.1 Å². The largest absolute Gasteiger partial charge is 0.493 e. The van der Waals surface area contributed by atoms with Crippen LogP contribution in [0.4, 0.5) is 5.69 Å². The number of benzene rings is 2. The fraction of sp³-hybridized carbons (Fsp3) is 0.400. The molecule has 1 fully saturated rings. The molecule has 3 amide bonds. The van der Waals surface area contributed by atoms with Gasteiger partial charge in [-0.05, 0) is 61.2 Å². The minimum Gasteiger partial charge on any atom is -0.493 e. The summed E-state index contributed by atoms with van der Waals surface area (Å²) in [5.41, 5.74) is 6.23. The molecule has 0 radical (unpaired) electrons. The average molecular weight is 438 g/mol. The zero-order valence-corrected chi connectivity index (χ0v) is 18.6. The molecule has 32 heavy (non-hydrogen) atoms. The fourth-order valence-corrected chi connectivity index (χ4v) is 3.56. The Morgan fingerprint density at radius 2 is 1.56 bits per heavy atom. The molecule has 0 bridgehead atoms. The smallest absolute Gasteiger partial charge is 0.269 e. The zero-order valence-electron chi connectivity index (χ0n) is 18.6. The summed E-state index contributed by atoms with van der Waals surface area (Å²) in [5, 5.41) is 2.92. The third-order valence-corrected chi connectivity index (χ3v) is 5.36. The van der Waals surface area contributed by atoms with Crippen LogP contribution in [-0.2, 0) is 4.79 Å². The predicted octanol–water partition coefficient (Wildman–Crippen LogP) is 4.32. The Morgan fingerprint density at radius 1 is 0.906 bits per heavy atom. The number of rotatable bonds is 7. The van der Waals surface area contributed by atoms with Crippen LogP contribution in [0.3, 0.4) is 0 Å². The van der Waals surface area contributed by atoms with Crippen LogP contribution in [0.5, 0.6) is 5.75 Å². The molecule has 7 heteroatoms. The van der Waals surface area contributed by atoms with Crippen LogP contribution >= 0.6 is 0 Å². The first-order valence-corrected chi connectivity index (χ1v) is 11.2. The van der Waals surface area contributed by atoms with Gasteiger partial charge in [0, 0.05) is 22.7 Å². The third kappa shape index (κ3) is 6.83. The van der Waals surface area contributed by atoms with E-state index in [-0.39, 0.29) is 11.8 Å². The molecule has 170 valence electrons.